The standard InChI is InChI=1S/C15H20N2/c1-11(2)8-12(3)16-10-14-9-13-6-4-5-7-15(13)17-14/h4-7,11,16H,3,8-10H2,1-2H3. The number of hydrogen-bond acceptors (Lipinski definition) is 2. The monoisotopic (exact) mass is 228 g/mol. The van der Waals surface area contributed by atoms with Gasteiger partial charge in [0.05, 0.1) is 12.2 Å². The lowest BCUT2D eigenvalue weighted by Gasteiger charge is -2.11. The molecule has 0 unspecified atom stereocenters. The van der Waals surface area contributed by atoms with Crippen LogP contribution in [0.4, 0.5) is 5.69 Å². The number of benzene rings is 1. The smallest absolute Gasteiger partial charge is 0.0665 e. The van der Waals surface area contributed by atoms with Crippen LogP contribution in [0.2, 0.25) is 0 Å². The summed E-state index contributed by atoms with van der Waals surface area (Å²) in [6, 6.07) is 8.33. The molecule has 17 heavy (non-hydrogen) atoms. The Morgan fingerprint density at radius 1 is 1.41 bits per heavy atom. The third-order valence-electron chi connectivity index (χ3n) is 2.86. The Hall–Kier alpha value is -1.57. The molecular weight excluding hydrogens is 208 g/mol. The van der Waals surface area contributed by atoms with Gasteiger partial charge in [-0.3, -0.25) is 4.99 Å². The van der Waals surface area contributed by atoms with Crippen molar-refractivity contribution in [2.45, 2.75) is 26.7 Å². The minimum absolute atomic E-state index is 0.651. The molecular formula is C15H20N2. The van der Waals surface area contributed by atoms with Crippen LogP contribution in [-0.2, 0) is 6.42 Å². The molecule has 0 saturated carbocycles. The number of hydrogen-bond donors (Lipinski definition) is 1. The van der Waals surface area contributed by atoms with Crippen LogP contribution in [0.3, 0.4) is 0 Å². The van der Waals surface area contributed by atoms with Crippen LogP contribution in [0, 0.1) is 5.92 Å². The van der Waals surface area contributed by atoms with Crippen molar-refractivity contribution in [3.63, 3.8) is 0 Å². The molecule has 2 heteroatoms. The van der Waals surface area contributed by atoms with Crippen LogP contribution in [0.15, 0.2) is 41.5 Å². The van der Waals surface area contributed by atoms with Gasteiger partial charge >= 0.3 is 0 Å². The Morgan fingerprint density at radius 3 is 2.88 bits per heavy atom. The van der Waals surface area contributed by atoms with Crippen molar-refractivity contribution < 1.29 is 0 Å². The maximum Gasteiger partial charge on any atom is 0.0665 e. The van der Waals surface area contributed by atoms with Gasteiger partial charge in [-0.1, -0.05) is 38.6 Å². The highest BCUT2D eigenvalue weighted by atomic mass is 14.9. The van der Waals surface area contributed by atoms with Crippen molar-refractivity contribution in [3.05, 3.63) is 42.1 Å². The normalized spacial score (nSPS) is 13.5. The second-order valence-electron chi connectivity index (χ2n) is 5.04. The van der Waals surface area contributed by atoms with Gasteiger partial charge in [0.1, 0.15) is 0 Å². The fourth-order valence-electron chi connectivity index (χ4n) is 2.09. The van der Waals surface area contributed by atoms with E-state index >= 15 is 0 Å². The molecule has 1 heterocycles. The molecule has 0 amide bonds. The van der Waals surface area contributed by atoms with Gasteiger partial charge in [-0.25, -0.2) is 0 Å². The maximum absolute atomic E-state index is 4.62. The Balaban J connectivity index is 1.86. The average Bonchev–Trinajstić information content (AvgIpc) is 2.68. The Kier molecular flexibility index (Phi) is 3.62. The summed E-state index contributed by atoms with van der Waals surface area (Å²) in [6.07, 6.45) is 2.00. The topological polar surface area (TPSA) is 24.4 Å². The Labute approximate surface area is 103 Å². The summed E-state index contributed by atoms with van der Waals surface area (Å²) in [5.41, 5.74) is 4.77. The molecule has 2 nitrogen and oxygen atoms in total. The van der Waals surface area contributed by atoms with Gasteiger partial charge in [0.2, 0.25) is 0 Å². The summed E-state index contributed by atoms with van der Waals surface area (Å²) in [6.45, 7) is 9.27. The van der Waals surface area contributed by atoms with E-state index in [4.69, 9.17) is 0 Å². The van der Waals surface area contributed by atoms with E-state index < -0.39 is 0 Å². The number of aliphatic imine (C=N–C) groups is 1. The predicted molar refractivity (Wildman–Crippen MR) is 73.8 cm³/mol. The number of allylic oxidation sites excluding steroid dienone is 1. The summed E-state index contributed by atoms with van der Waals surface area (Å²) in [4.78, 5) is 4.62. The molecule has 1 aliphatic heterocycles. The van der Waals surface area contributed by atoms with Gasteiger partial charge in [0.15, 0.2) is 0 Å². The summed E-state index contributed by atoms with van der Waals surface area (Å²) in [7, 11) is 0. The third-order valence-corrected chi connectivity index (χ3v) is 2.86. The van der Waals surface area contributed by atoms with E-state index in [1.54, 1.807) is 0 Å². The van der Waals surface area contributed by atoms with E-state index in [1.165, 1.54) is 11.3 Å². The van der Waals surface area contributed by atoms with E-state index in [-0.39, 0.29) is 0 Å². The lowest BCUT2D eigenvalue weighted by atomic mass is 10.1. The summed E-state index contributed by atoms with van der Waals surface area (Å²) >= 11 is 0. The van der Waals surface area contributed by atoms with Gasteiger partial charge < -0.3 is 5.32 Å². The molecule has 1 N–H and O–H groups in total. The first-order valence-corrected chi connectivity index (χ1v) is 6.21. The first-order chi connectivity index (χ1) is 8.15. The average molecular weight is 228 g/mol. The molecule has 0 spiro atoms. The third kappa shape index (κ3) is 3.19. The molecule has 0 fully saturated rings. The zero-order valence-corrected chi connectivity index (χ0v) is 10.7. The number of para-hydroxylation sites is 1. The number of nitrogens with one attached hydrogen (secondary N) is 1. The fourth-order valence-corrected chi connectivity index (χ4v) is 2.09. The summed E-state index contributed by atoms with van der Waals surface area (Å²) in [5.74, 6) is 0.651. The van der Waals surface area contributed by atoms with Gasteiger partial charge in [0, 0.05) is 17.8 Å². The van der Waals surface area contributed by atoms with E-state index in [9.17, 15) is 0 Å². The lowest BCUT2D eigenvalue weighted by Crippen LogP contribution is -2.22. The molecule has 1 aromatic carbocycles. The van der Waals surface area contributed by atoms with E-state index in [2.05, 4.69) is 48.9 Å². The Bertz CT molecular complexity index is 444. The molecule has 0 aromatic heterocycles. The largest absolute Gasteiger partial charge is 0.383 e. The van der Waals surface area contributed by atoms with E-state index in [0.717, 1.165) is 30.8 Å². The fraction of sp³-hybridized carbons (Fsp3) is 0.400. The minimum atomic E-state index is 0.651. The molecule has 0 aliphatic carbocycles. The molecule has 1 aromatic rings. The van der Waals surface area contributed by atoms with Gasteiger partial charge in [-0.2, -0.15) is 0 Å². The van der Waals surface area contributed by atoms with Gasteiger partial charge in [-0.15, -0.1) is 0 Å². The predicted octanol–water partition coefficient (Wildman–Crippen LogP) is 3.46. The molecule has 0 bridgehead atoms. The van der Waals surface area contributed by atoms with Crippen molar-refractivity contribution in [1.82, 2.24) is 5.32 Å². The van der Waals surface area contributed by atoms with Crippen LogP contribution in [0.1, 0.15) is 25.8 Å². The van der Waals surface area contributed by atoms with Gasteiger partial charge in [-0.05, 0) is 24.0 Å². The van der Waals surface area contributed by atoms with Crippen LogP contribution in [0.25, 0.3) is 0 Å². The molecule has 2 rings (SSSR count). The van der Waals surface area contributed by atoms with Crippen molar-refractivity contribution in [2.24, 2.45) is 10.9 Å². The number of rotatable bonds is 5. The molecule has 0 atom stereocenters. The van der Waals surface area contributed by atoms with E-state index in [1.807, 2.05) is 6.07 Å². The minimum Gasteiger partial charge on any atom is -0.383 e. The second kappa shape index (κ2) is 5.17. The summed E-state index contributed by atoms with van der Waals surface area (Å²) < 4.78 is 0. The van der Waals surface area contributed by atoms with Crippen molar-refractivity contribution in [1.29, 1.82) is 0 Å². The number of nitrogens with zero attached hydrogens (tertiary/aromatic N) is 1. The second-order valence-corrected chi connectivity index (χ2v) is 5.04. The highest BCUT2D eigenvalue weighted by Crippen LogP contribution is 2.25. The van der Waals surface area contributed by atoms with Crippen LogP contribution >= 0.6 is 0 Å². The maximum atomic E-state index is 4.62. The molecule has 0 radical (unpaired) electrons. The van der Waals surface area contributed by atoms with E-state index in [0.29, 0.717) is 5.92 Å². The molecule has 90 valence electrons. The molecule has 0 saturated heterocycles. The van der Waals surface area contributed by atoms with Crippen LogP contribution in [0.5, 0.6) is 0 Å². The lowest BCUT2D eigenvalue weighted by molar-refractivity contribution is 0.615. The van der Waals surface area contributed by atoms with Crippen LogP contribution < -0.4 is 5.32 Å². The van der Waals surface area contributed by atoms with Crippen molar-refractivity contribution in [2.75, 3.05) is 6.54 Å². The SMILES string of the molecule is C=C(CC(C)C)NCC1=Nc2ccccc2C1. The number of fused-ring (bicyclic) bond motifs is 1. The summed E-state index contributed by atoms with van der Waals surface area (Å²) in [5, 5.41) is 3.37. The quantitative estimate of drug-likeness (QED) is 0.820. The Morgan fingerprint density at radius 2 is 2.18 bits per heavy atom. The van der Waals surface area contributed by atoms with Crippen LogP contribution in [-0.4, -0.2) is 12.3 Å². The van der Waals surface area contributed by atoms with Crippen molar-refractivity contribution >= 4 is 11.4 Å². The van der Waals surface area contributed by atoms with Gasteiger partial charge in [0.25, 0.3) is 0 Å². The first kappa shape index (κ1) is 11.9. The molecule has 1 aliphatic rings. The first-order valence-electron chi connectivity index (χ1n) is 6.21. The highest BCUT2D eigenvalue weighted by molar-refractivity contribution is 5.95. The zero-order chi connectivity index (χ0) is 12.3. The van der Waals surface area contributed by atoms with Crippen molar-refractivity contribution in [3.8, 4) is 0 Å². The zero-order valence-electron chi connectivity index (χ0n) is 10.7. The highest BCUT2D eigenvalue weighted by Gasteiger charge is 2.13.